The van der Waals surface area contributed by atoms with E-state index in [0.717, 1.165) is 62.5 Å². The molecule has 1 aliphatic rings. The van der Waals surface area contributed by atoms with Crippen LogP contribution in [0.3, 0.4) is 0 Å². The first kappa shape index (κ1) is 36.1. The number of hydrogen-bond donors (Lipinski definition) is 1. The first-order chi connectivity index (χ1) is 29.0. The van der Waals surface area contributed by atoms with E-state index >= 15 is 0 Å². The van der Waals surface area contributed by atoms with Crippen molar-refractivity contribution in [2.24, 2.45) is 0 Å². The van der Waals surface area contributed by atoms with Crippen molar-refractivity contribution in [2.45, 2.75) is 58.8 Å². The van der Waals surface area contributed by atoms with E-state index in [-0.39, 0.29) is 10.8 Å². The fourth-order valence-electron chi connectivity index (χ4n) is 9.33. The van der Waals surface area contributed by atoms with Gasteiger partial charge in [-0.15, -0.1) is 5.10 Å². The van der Waals surface area contributed by atoms with Crippen molar-refractivity contribution in [3.05, 3.63) is 180 Å². The maximum absolute atomic E-state index is 5.71. The molecule has 0 unspecified atom stereocenters. The number of nitrogens with one attached hydrogen (secondary N) is 1. The SMILES string of the molecule is CC(C)(C)c1ccc2[nH]c3c(-n4nc(N(c5ccccc5)c5cc(-c6ccccc6)c6c(c5)-c5nccc7cccc(c57)C6)c5ccccc54)cc(C(C)(C)C)cc3c2c1. The number of nitrogens with zero attached hydrogens (tertiary/aromatic N) is 4. The lowest BCUT2D eigenvalue weighted by Crippen LogP contribution is -2.14. The minimum atomic E-state index is -0.0947. The maximum Gasteiger partial charge on any atom is 0.168 e. The Balaban J connectivity index is 1.20. The van der Waals surface area contributed by atoms with Gasteiger partial charge in [0.05, 0.1) is 22.4 Å². The summed E-state index contributed by atoms with van der Waals surface area (Å²) in [4.78, 5) is 11.3. The monoisotopic (exact) mass is 777 g/mol. The molecule has 7 aromatic carbocycles. The van der Waals surface area contributed by atoms with Crippen molar-refractivity contribution in [3.63, 3.8) is 0 Å². The molecule has 1 N–H and O–H groups in total. The smallest absolute Gasteiger partial charge is 0.168 e. The van der Waals surface area contributed by atoms with Gasteiger partial charge in [0.1, 0.15) is 0 Å². The molecule has 0 amide bonds. The van der Waals surface area contributed by atoms with Crippen molar-refractivity contribution in [2.75, 3.05) is 4.90 Å². The number of H-pyrrole nitrogens is 1. The minimum Gasteiger partial charge on any atom is -0.353 e. The summed E-state index contributed by atoms with van der Waals surface area (Å²) in [5.74, 6) is 0.860. The maximum atomic E-state index is 5.71. The number of fused-ring (bicyclic) bond motifs is 6. The molecule has 11 rings (SSSR count). The van der Waals surface area contributed by atoms with Gasteiger partial charge in [-0.1, -0.05) is 126 Å². The van der Waals surface area contributed by atoms with Crippen molar-refractivity contribution in [1.29, 1.82) is 0 Å². The lowest BCUT2D eigenvalue weighted by Gasteiger charge is -2.28. The summed E-state index contributed by atoms with van der Waals surface area (Å²) in [6.07, 6.45) is 2.79. The molecule has 5 nitrogen and oxygen atoms in total. The zero-order valence-electron chi connectivity index (χ0n) is 35.0. The van der Waals surface area contributed by atoms with E-state index in [2.05, 4.69) is 208 Å². The van der Waals surface area contributed by atoms with Crippen LogP contribution in [0.15, 0.2) is 158 Å². The second kappa shape index (κ2) is 13.3. The molecule has 0 radical (unpaired) electrons. The van der Waals surface area contributed by atoms with E-state index in [1.54, 1.807) is 0 Å². The Kier molecular flexibility index (Phi) is 7.99. The van der Waals surface area contributed by atoms with E-state index in [1.165, 1.54) is 54.9 Å². The summed E-state index contributed by atoms with van der Waals surface area (Å²) in [6, 6.07) is 55.3. The van der Waals surface area contributed by atoms with Gasteiger partial charge in [-0.25, -0.2) is 4.68 Å². The number of hydrogen-bond acceptors (Lipinski definition) is 3. The van der Waals surface area contributed by atoms with Gasteiger partial charge in [-0.3, -0.25) is 9.88 Å². The third kappa shape index (κ3) is 5.75. The quantitative estimate of drug-likeness (QED) is 0.189. The lowest BCUT2D eigenvalue weighted by atomic mass is 9.82. The van der Waals surface area contributed by atoms with Crippen LogP contribution in [0.2, 0.25) is 0 Å². The van der Waals surface area contributed by atoms with Gasteiger partial charge in [0.2, 0.25) is 0 Å². The molecule has 0 bridgehead atoms. The molecule has 5 heteroatoms. The lowest BCUT2D eigenvalue weighted by molar-refractivity contribution is 0.590. The summed E-state index contributed by atoms with van der Waals surface area (Å²) >= 11 is 0. The van der Waals surface area contributed by atoms with E-state index in [0.29, 0.717) is 0 Å². The summed E-state index contributed by atoms with van der Waals surface area (Å²) in [6.45, 7) is 13.7. The summed E-state index contributed by atoms with van der Waals surface area (Å²) in [7, 11) is 0. The molecule has 3 aromatic heterocycles. The molecule has 60 heavy (non-hydrogen) atoms. The molecule has 0 saturated heterocycles. The van der Waals surface area contributed by atoms with E-state index in [9.17, 15) is 0 Å². The van der Waals surface area contributed by atoms with Crippen molar-refractivity contribution in [1.82, 2.24) is 19.7 Å². The average Bonchev–Trinajstić information content (AvgIpc) is 3.82. The van der Waals surface area contributed by atoms with E-state index in [4.69, 9.17) is 10.1 Å². The molecule has 292 valence electrons. The number of aromatic amines is 1. The Bertz CT molecular complexity index is 3300. The molecular formula is C55H47N5. The van der Waals surface area contributed by atoms with Crippen LogP contribution in [-0.4, -0.2) is 19.7 Å². The molecule has 0 aliphatic heterocycles. The number of pyridine rings is 1. The van der Waals surface area contributed by atoms with Crippen LogP contribution >= 0.6 is 0 Å². The predicted molar refractivity (Wildman–Crippen MR) is 251 cm³/mol. The molecule has 0 saturated carbocycles. The Morgan fingerprint density at radius 1 is 0.600 bits per heavy atom. The molecule has 10 aromatic rings. The fraction of sp³-hybridized carbons (Fsp3) is 0.164. The van der Waals surface area contributed by atoms with Gasteiger partial charge in [0.15, 0.2) is 5.82 Å². The highest BCUT2D eigenvalue weighted by atomic mass is 15.4. The Hall–Kier alpha value is -6.98. The molecule has 1 aliphatic carbocycles. The number of para-hydroxylation sites is 2. The standard InChI is InChI=1S/C55H47N5/c1-54(2,3)37-24-25-47-44(29-37)45-30-38(55(4,5)6)31-49(51(45)57-47)60-48-23-14-13-22-41(48)53(58-60)59(39-20-11-8-12-21-39)40-32-42(34-16-9-7-10-17-34)43-28-36-19-15-18-35-26-27-56-52(50(35)36)46(43)33-40/h7-27,29-33,57H,28H2,1-6H3. The van der Waals surface area contributed by atoms with Gasteiger partial charge in [-0.2, -0.15) is 0 Å². The van der Waals surface area contributed by atoms with Crippen molar-refractivity contribution in [3.8, 4) is 28.1 Å². The minimum absolute atomic E-state index is 0.0270. The van der Waals surface area contributed by atoms with Crippen LogP contribution in [0.4, 0.5) is 17.2 Å². The number of aromatic nitrogens is 4. The number of anilines is 3. The average molecular weight is 778 g/mol. The molecule has 0 spiro atoms. The van der Waals surface area contributed by atoms with Gasteiger partial charge >= 0.3 is 0 Å². The predicted octanol–water partition coefficient (Wildman–Crippen LogP) is 14.5. The van der Waals surface area contributed by atoms with Crippen LogP contribution in [0.25, 0.3) is 71.6 Å². The van der Waals surface area contributed by atoms with Crippen molar-refractivity contribution < 1.29 is 0 Å². The Morgan fingerprint density at radius 3 is 2.10 bits per heavy atom. The third-order valence-electron chi connectivity index (χ3n) is 12.5. The highest BCUT2D eigenvalue weighted by Crippen LogP contribution is 2.48. The van der Waals surface area contributed by atoms with Gasteiger partial charge in [-0.05, 0) is 123 Å². The fourth-order valence-corrected chi connectivity index (χ4v) is 9.33. The normalized spacial score (nSPS) is 12.8. The highest BCUT2D eigenvalue weighted by molar-refractivity contribution is 6.11. The third-order valence-corrected chi connectivity index (χ3v) is 12.5. The zero-order valence-corrected chi connectivity index (χ0v) is 35.0. The molecule has 3 heterocycles. The Labute approximate surface area is 351 Å². The first-order valence-corrected chi connectivity index (χ1v) is 21.0. The van der Waals surface area contributed by atoms with Gasteiger partial charge in [0.25, 0.3) is 0 Å². The first-order valence-electron chi connectivity index (χ1n) is 21.0. The number of rotatable bonds is 5. The van der Waals surface area contributed by atoms with Crippen LogP contribution in [0, 0.1) is 0 Å². The van der Waals surface area contributed by atoms with Gasteiger partial charge < -0.3 is 4.98 Å². The second-order valence-corrected chi connectivity index (χ2v) is 18.5. The zero-order chi connectivity index (χ0) is 40.9. The van der Waals surface area contributed by atoms with Crippen molar-refractivity contribution >= 4 is 60.7 Å². The summed E-state index contributed by atoms with van der Waals surface area (Å²) in [5.41, 5.74) is 16.0. The van der Waals surface area contributed by atoms with E-state index < -0.39 is 0 Å². The highest BCUT2D eigenvalue weighted by Gasteiger charge is 2.29. The molecular weight excluding hydrogens is 731 g/mol. The van der Waals surface area contributed by atoms with Crippen LogP contribution in [0.5, 0.6) is 0 Å². The largest absolute Gasteiger partial charge is 0.353 e. The Morgan fingerprint density at radius 2 is 1.32 bits per heavy atom. The van der Waals surface area contributed by atoms with Crippen LogP contribution in [-0.2, 0) is 17.3 Å². The molecule has 0 atom stereocenters. The summed E-state index contributed by atoms with van der Waals surface area (Å²) in [5, 5.41) is 11.7. The van der Waals surface area contributed by atoms with Crippen LogP contribution < -0.4 is 4.90 Å². The number of benzene rings is 7. The second-order valence-electron chi connectivity index (χ2n) is 18.5. The topological polar surface area (TPSA) is 49.7 Å². The summed E-state index contributed by atoms with van der Waals surface area (Å²) < 4.78 is 2.17. The van der Waals surface area contributed by atoms with Crippen LogP contribution in [0.1, 0.15) is 63.8 Å². The van der Waals surface area contributed by atoms with E-state index in [1.807, 2.05) is 6.20 Å². The molecule has 0 fully saturated rings. The van der Waals surface area contributed by atoms with Gasteiger partial charge in [0, 0.05) is 50.2 Å².